The molecule has 0 saturated carbocycles. The Balaban J connectivity index is 1.75. The molecule has 0 aromatic heterocycles. The van der Waals surface area contributed by atoms with E-state index in [0.717, 1.165) is 0 Å². The van der Waals surface area contributed by atoms with E-state index in [2.05, 4.69) is 86.8 Å². The van der Waals surface area contributed by atoms with Gasteiger partial charge in [-0.15, -0.1) is 0 Å². The zero-order valence-corrected chi connectivity index (χ0v) is 15.5. The molecule has 118 valence electrons. The second kappa shape index (κ2) is 6.72. The van der Waals surface area contributed by atoms with E-state index < -0.39 is 8.07 Å². The minimum atomic E-state index is -1.35. The van der Waals surface area contributed by atoms with Crippen LogP contribution in [0.15, 0.2) is 77.5 Å². The van der Waals surface area contributed by atoms with Gasteiger partial charge in [0.05, 0.1) is 8.07 Å². The average Bonchev–Trinajstić information content (AvgIpc) is 2.56. The smallest absolute Gasteiger partial charge is 0.0797 e. The van der Waals surface area contributed by atoms with Gasteiger partial charge in [-0.1, -0.05) is 96.2 Å². The molecule has 0 nitrogen and oxygen atoms in total. The molecule has 0 atom stereocenters. The van der Waals surface area contributed by atoms with E-state index in [0.29, 0.717) is 0 Å². The maximum Gasteiger partial charge on any atom is 0.0797 e. The van der Waals surface area contributed by atoms with Gasteiger partial charge < -0.3 is 0 Å². The lowest BCUT2D eigenvalue weighted by Gasteiger charge is -2.28. The normalized spacial score (nSPS) is 15.1. The van der Waals surface area contributed by atoms with Gasteiger partial charge in [-0.25, -0.2) is 0 Å². The SMILES string of the molecule is CC1=CC=C([Si](C)(C)Cc2ccc(-c3ccccc3)cc2)CC1. The lowest BCUT2D eigenvalue weighted by atomic mass is 10.0. The summed E-state index contributed by atoms with van der Waals surface area (Å²) in [6, 6.07) is 21.0. The van der Waals surface area contributed by atoms with E-state index in [4.69, 9.17) is 0 Å². The second-order valence-electron chi connectivity index (χ2n) is 7.33. The Labute approximate surface area is 141 Å². The summed E-state index contributed by atoms with van der Waals surface area (Å²) in [7, 11) is -1.35. The van der Waals surface area contributed by atoms with Crippen LogP contribution in [-0.4, -0.2) is 8.07 Å². The Morgan fingerprint density at radius 3 is 2.04 bits per heavy atom. The molecule has 0 N–H and O–H groups in total. The molecule has 0 amide bonds. The topological polar surface area (TPSA) is 0 Å². The van der Waals surface area contributed by atoms with Crippen LogP contribution < -0.4 is 0 Å². The zero-order valence-electron chi connectivity index (χ0n) is 14.5. The molecule has 0 bridgehead atoms. The standard InChI is InChI=1S/C22H26Si/c1-18-9-15-22(16-10-18)23(2,3)17-19-11-13-21(14-12-19)20-7-5-4-6-8-20/h4-9,11-15H,10,16-17H2,1-3H3. The first-order chi connectivity index (χ1) is 11.0. The number of hydrogen-bond donors (Lipinski definition) is 0. The lowest BCUT2D eigenvalue weighted by Crippen LogP contribution is -2.33. The summed E-state index contributed by atoms with van der Waals surface area (Å²) in [5, 5.41) is 1.72. The van der Waals surface area contributed by atoms with Gasteiger partial charge in [-0.2, -0.15) is 0 Å². The van der Waals surface area contributed by atoms with Crippen LogP contribution in [0.5, 0.6) is 0 Å². The van der Waals surface area contributed by atoms with Crippen molar-refractivity contribution in [3.63, 3.8) is 0 Å². The highest BCUT2D eigenvalue weighted by atomic mass is 28.3. The summed E-state index contributed by atoms with van der Waals surface area (Å²) in [5.41, 5.74) is 5.61. The van der Waals surface area contributed by atoms with Crippen LogP contribution in [0.1, 0.15) is 25.3 Å². The molecular weight excluding hydrogens is 292 g/mol. The zero-order chi connectivity index (χ0) is 16.3. The van der Waals surface area contributed by atoms with Crippen LogP contribution in [0.2, 0.25) is 13.1 Å². The molecule has 1 aliphatic rings. The Hall–Kier alpha value is -1.86. The van der Waals surface area contributed by atoms with Crippen LogP contribution in [0, 0.1) is 0 Å². The van der Waals surface area contributed by atoms with Crippen LogP contribution in [0.25, 0.3) is 11.1 Å². The van der Waals surface area contributed by atoms with Gasteiger partial charge in [-0.05, 0) is 36.9 Å². The Kier molecular flexibility index (Phi) is 4.68. The molecule has 2 aromatic carbocycles. The molecule has 0 fully saturated rings. The van der Waals surface area contributed by atoms with Crippen molar-refractivity contribution in [2.75, 3.05) is 0 Å². The summed E-state index contributed by atoms with van der Waals surface area (Å²) in [5.74, 6) is 0. The van der Waals surface area contributed by atoms with Crippen molar-refractivity contribution >= 4 is 8.07 Å². The molecule has 0 unspecified atom stereocenters. The summed E-state index contributed by atoms with van der Waals surface area (Å²) in [6.07, 6.45) is 7.24. The van der Waals surface area contributed by atoms with E-state index in [-0.39, 0.29) is 0 Å². The molecule has 2 aromatic rings. The van der Waals surface area contributed by atoms with Crippen molar-refractivity contribution in [1.29, 1.82) is 0 Å². The number of benzene rings is 2. The molecule has 1 heteroatoms. The van der Waals surface area contributed by atoms with E-state index in [9.17, 15) is 0 Å². The predicted octanol–water partition coefficient (Wildman–Crippen LogP) is 6.35. The van der Waals surface area contributed by atoms with Gasteiger partial charge in [0.1, 0.15) is 0 Å². The summed E-state index contributed by atoms with van der Waals surface area (Å²) in [4.78, 5) is 0. The minimum Gasteiger partial charge on any atom is -0.0801 e. The third-order valence-electron chi connectivity index (χ3n) is 4.93. The highest BCUT2D eigenvalue weighted by Crippen LogP contribution is 2.29. The predicted molar refractivity (Wildman–Crippen MR) is 104 cm³/mol. The molecule has 23 heavy (non-hydrogen) atoms. The highest BCUT2D eigenvalue weighted by molar-refractivity contribution is 6.83. The summed E-state index contributed by atoms with van der Waals surface area (Å²) in [6.45, 7) is 7.26. The van der Waals surface area contributed by atoms with Crippen LogP contribution >= 0.6 is 0 Å². The molecule has 0 saturated heterocycles. The molecule has 1 aliphatic carbocycles. The molecule has 3 rings (SSSR count). The van der Waals surface area contributed by atoms with Gasteiger partial charge >= 0.3 is 0 Å². The van der Waals surface area contributed by atoms with Crippen LogP contribution in [0.3, 0.4) is 0 Å². The Morgan fingerprint density at radius 2 is 1.43 bits per heavy atom. The van der Waals surface area contributed by atoms with Gasteiger partial charge in [-0.3, -0.25) is 0 Å². The first-order valence-corrected chi connectivity index (χ1v) is 11.8. The maximum atomic E-state index is 2.51. The quantitative estimate of drug-likeness (QED) is 0.576. The van der Waals surface area contributed by atoms with E-state index in [1.165, 1.54) is 41.1 Å². The molecular formula is C22H26Si. The highest BCUT2D eigenvalue weighted by Gasteiger charge is 2.26. The van der Waals surface area contributed by atoms with Gasteiger partial charge in [0.2, 0.25) is 0 Å². The van der Waals surface area contributed by atoms with Crippen molar-refractivity contribution in [3.05, 3.63) is 83.1 Å². The van der Waals surface area contributed by atoms with Crippen molar-refractivity contribution in [2.45, 2.75) is 38.9 Å². The summed E-state index contributed by atoms with van der Waals surface area (Å²) >= 11 is 0. The monoisotopic (exact) mass is 318 g/mol. The Morgan fingerprint density at radius 1 is 0.783 bits per heavy atom. The molecule has 0 spiro atoms. The first kappa shape index (κ1) is 16.0. The first-order valence-electron chi connectivity index (χ1n) is 8.56. The van der Waals surface area contributed by atoms with Gasteiger partial charge in [0.15, 0.2) is 0 Å². The van der Waals surface area contributed by atoms with Crippen molar-refractivity contribution < 1.29 is 0 Å². The summed E-state index contributed by atoms with van der Waals surface area (Å²) < 4.78 is 0. The fourth-order valence-corrected chi connectivity index (χ4v) is 6.19. The average molecular weight is 319 g/mol. The maximum absolute atomic E-state index is 2.51. The third kappa shape index (κ3) is 3.91. The van der Waals surface area contributed by atoms with Gasteiger partial charge in [0.25, 0.3) is 0 Å². The number of allylic oxidation sites excluding steroid dienone is 4. The fourth-order valence-electron chi connectivity index (χ4n) is 3.37. The molecule has 0 radical (unpaired) electrons. The largest absolute Gasteiger partial charge is 0.0801 e. The lowest BCUT2D eigenvalue weighted by molar-refractivity contribution is 0.933. The van der Waals surface area contributed by atoms with Crippen molar-refractivity contribution in [3.8, 4) is 11.1 Å². The van der Waals surface area contributed by atoms with Crippen LogP contribution in [0.4, 0.5) is 0 Å². The number of hydrogen-bond acceptors (Lipinski definition) is 0. The number of rotatable bonds is 4. The van der Waals surface area contributed by atoms with E-state index in [1.54, 1.807) is 5.20 Å². The Bertz CT molecular complexity index is 718. The third-order valence-corrected chi connectivity index (χ3v) is 8.38. The molecule has 0 aliphatic heterocycles. The van der Waals surface area contributed by atoms with Crippen LogP contribution in [-0.2, 0) is 6.04 Å². The van der Waals surface area contributed by atoms with Crippen molar-refractivity contribution in [1.82, 2.24) is 0 Å². The molecule has 0 heterocycles. The fraction of sp³-hybridized carbons (Fsp3) is 0.273. The minimum absolute atomic E-state index is 1.24. The second-order valence-corrected chi connectivity index (χ2v) is 12.1. The van der Waals surface area contributed by atoms with E-state index >= 15 is 0 Å². The van der Waals surface area contributed by atoms with Gasteiger partial charge in [0, 0.05) is 0 Å². The van der Waals surface area contributed by atoms with Crippen molar-refractivity contribution in [2.24, 2.45) is 0 Å². The van der Waals surface area contributed by atoms with E-state index in [1.807, 2.05) is 0 Å².